The third kappa shape index (κ3) is 2.60. The summed E-state index contributed by atoms with van der Waals surface area (Å²) in [6, 6.07) is 17.5. The van der Waals surface area contributed by atoms with Crippen molar-refractivity contribution < 1.29 is 24.8 Å². The predicted molar refractivity (Wildman–Crippen MR) is 77.3 cm³/mol. The maximum absolute atomic E-state index is 5.27. The van der Waals surface area contributed by atoms with Crippen molar-refractivity contribution in [1.29, 1.82) is 0 Å². The zero-order chi connectivity index (χ0) is 13.2. The van der Waals surface area contributed by atoms with Crippen LogP contribution in [0, 0.1) is 13.0 Å². The normalized spacial score (nSPS) is 10.1. The van der Waals surface area contributed by atoms with E-state index in [1.54, 1.807) is 7.11 Å². The summed E-state index contributed by atoms with van der Waals surface area (Å²) in [5.41, 5.74) is 3.05. The fourth-order valence-corrected chi connectivity index (χ4v) is 2.28. The van der Waals surface area contributed by atoms with Gasteiger partial charge in [0.2, 0.25) is 0 Å². The van der Waals surface area contributed by atoms with Crippen molar-refractivity contribution in [1.82, 2.24) is 4.98 Å². The molecule has 2 aromatic carbocycles. The Hall–Kier alpha value is -1.70. The monoisotopic (exact) mass is 441 g/mol. The number of fused-ring (bicyclic) bond motifs is 1. The van der Waals surface area contributed by atoms with Crippen molar-refractivity contribution in [3.8, 4) is 17.0 Å². The summed E-state index contributed by atoms with van der Waals surface area (Å²) in [4.78, 5) is 4.50. The van der Waals surface area contributed by atoms with Crippen molar-refractivity contribution in [2.24, 2.45) is 0 Å². The number of aryl methyl sites for hydroxylation is 1. The molecule has 2 nitrogen and oxygen atoms in total. The molecular weight excluding hydrogens is 426 g/mol. The van der Waals surface area contributed by atoms with Crippen LogP contribution in [0.2, 0.25) is 0 Å². The standard InChI is InChI=1S/C17H14NO.Ir/c1-12-11-14(7-8-16(12)19-2)17-15-6-4-3-5-13(15)9-10-18-17;/h3-6,8-11H,1-2H3;/q-1;. The molecule has 0 aliphatic carbocycles. The van der Waals surface area contributed by atoms with Crippen molar-refractivity contribution in [3.05, 3.63) is 60.3 Å². The van der Waals surface area contributed by atoms with Crippen molar-refractivity contribution in [2.75, 3.05) is 7.11 Å². The van der Waals surface area contributed by atoms with Crippen LogP contribution < -0.4 is 4.74 Å². The number of pyridine rings is 1. The number of aromatic nitrogens is 1. The van der Waals surface area contributed by atoms with Gasteiger partial charge in [0.05, 0.1) is 7.11 Å². The predicted octanol–water partition coefficient (Wildman–Crippen LogP) is 4.02. The van der Waals surface area contributed by atoms with Crippen LogP contribution in [0.5, 0.6) is 5.75 Å². The first kappa shape index (κ1) is 14.7. The Bertz CT molecular complexity index is 735. The van der Waals surface area contributed by atoms with E-state index in [0.717, 1.165) is 28.0 Å². The van der Waals surface area contributed by atoms with Gasteiger partial charge in [-0.05, 0) is 22.5 Å². The molecule has 1 radical (unpaired) electrons. The van der Waals surface area contributed by atoms with E-state index in [4.69, 9.17) is 4.74 Å². The largest absolute Gasteiger partial charge is 0.540 e. The number of hydrogen-bond donors (Lipinski definition) is 0. The minimum absolute atomic E-state index is 0. The second-order valence-corrected chi connectivity index (χ2v) is 4.48. The van der Waals surface area contributed by atoms with E-state index in [1.165, 1.54) is 5.39 Å². The first-order valence-electron chi connectivity index (χ1n) is 6.20. The number of rotatable bonds is 2. The Balaban J connectivity index is 0.00000147. The summed E-state index contributed by atoms with van der Waals surface area (Å²) < 4.78 is 5.27. The molecule has 20 heavy (non-hydrogen) atoms. The van der Waals surface area contributed by atoms with E-state index in [1.807, 2.05) is 37.4 Å². The molecule has 0 saturated carbocycles. The molecule has 1 heterocycles. The number of benzene rings is 2. The fourth-order valence-electron chi connectivity index (χ4n) is 2.28. The third-order valence-electron chi connectivity index (χ3n) is 3.26. The maximum Gasteiger partial charge on any atom is 0.0647 e. The van der Waals surface area contributed by atoms with Gasteiger partial charge in [0, 0.05) is 32.1 Å². The molecule has 0 N–H and O–H groups in total. The van der Waals surface area contributed by atoms with Gasteiger partial charge in [-0.15, -0.1) is 23.8 Å². The van der Waals surface area contributed by atoms with Crippen LogP contribution in [-0.2, 0) is 20.1 Å². The van der Waals surface area contributed by atoms with E-state index in [0.29, 0.717) is 0 Å². The van der Waals surface area contributed by atoms with Gasteiger partial charge in [0.15, 0.2) is 0 Å². The summed E-state index contributed by atoms with van der Waals surface area (Å²) >= 11 is 0. The maximum atomic E-state index is 5.27. The molecule has 103 valence electrons. The molecule has 0 bridgehead atoms. The molecular formula is C17H14IrNO-. The van der Waals surface area contributed by atoms with Gasteiger partial charge in [0.1, 0.15) is 0 Å². The van der Waals surface area contributed by atoms with E-state index >= 15 is 0 Å². The average molecular weight is 441 g/mol. The summed E-state index contributed by atoms with van der Waals surface area (Å²) in [5, 5.41) is 2.33. The zero-order valence-electron chi connectivity index (χ0n) is 11.3. The molecule has 3 rings (SSSR count). The van der Waals surface area contributed by atoms with E-state index in [-0.39, 0.29) is 20.1 Å². The Morgan fingerprint density at radius 2 is 1.95 bits per heavy atom. The van der Waals surface area contributed by atoms with Gasteiger partial charge >= 0.3 is 0 Å². The van der Waals surface area contributed by atoms with Crippen LogP contribution in [-0.4, -0.2) is 12.1 Å². The van der Waals surface area contributed by atoms with Crippen LogP contribution in [0.15, 0.2) is 48.7 Å². The van der Waals surface area contributed by atoms with Crippen LogP contribution in [0.3, 0.4) is 0 Å². The molecule has 0 unspecified atom stereocenters. The molecule has 0 atom stereocenters. The summed E-state index contributed by atoms with van der Waals surface area (Å²) in [7, 11) is 1.67. The van der Waals surface area contributed by atoms with Crippen molar-refractivity contribution >= 4 is 10.8 Å². The smallest absolute Gasteiger partial charge is 0.0647 e. The van der Waals surface area contributed by atoms with Gasteiger partial charge in [-0.3, -0.25) is 0 Å². The first-order valence-corrected chi connectivity index (χ1v) is 6.20. The molecule has 3 aromatic rings. The topological polar surface area (TPSA) is 22.1 Å². The zero-order valence-corrected chi connectivity index (χ0v) is 13.7. The van der Waals surface area contributed by atoms with Gasteiger partial charge in [-0.2, -0.15) is 0 Å². The molecule has 3 heteroatoms. The first-order chi connectivity index (χ1) is 9.29. The van der Waals surface area contributed by atoms with E-state index in [9.17, 15) is 0 Å². The van der Waals surface area contributed by atoms with Crippen LogP contribution in [0.4, 0.5) is 0 Å². The quantitative estimate of drug-likeness (QED) is 0.562. The molecule has 0 amide bonds. The fraction of sp³-hybridized carbons (Fsp3) is 0.118. The molecule has 0 fully saturated rings. The number of nitrogens with zero attached hydrogens (tertiary/aromatic N) is 1. The van der Waals surface area contributed by atoms with Gasteiger partial charge in [-0.25, -0.2) is 0 Å². The second-order valence-electron chi connectivity index (χ2n) is 4.48. The number of ether oxygens (including phenoxy) is 1. The minimum Gasteiger partial charge on any atom is -0.540 e. The average Bonchev–Trinajstić information content (AvgIpc) is 2.46. The van der Waals surface area contributed by atoms with Crippen LogP contribution >= 0.6 is 0 Å². The Kier molecular flexibility index (Phi) is 4.53. The summed E-state index contributed by atoms with van der Waals surface area (Å²) in [6.45, 7) is 2.03. The second kappa shape index (κ2) is 6.17. The summed E-state index contributed by atoms with van der Waals surface area (Å²) in [6.07, 6.45) is 1.84. The van der Waals surface area contributed by atoms with Gasteiger partial charge in [-0.1, -0.05) is 36.8 Å². The molecule has 0 aliphatic heterocycles. The minimum atomic E-state index is 0. The molecule has 0 spiro atoms. The molecule has 0 aliphatic rings. The van der Waals surface area contributed by atoms with E-state index < -0.39 is 0 Å². The third-order valence-corrected chi connectivity index (χ3v) is 3.26. The summed E-state index contributed by atoms with van der Waals surface area (Å²) in [5.74, 6) is 0.851. The van der Waals surface area contributed by atoms with Crippen molar-refractivity contribution in [2.45, 2.75) is 6.92 Å². The molecule has 1 aromatic heterocycles. The van der Waals surface area contributed by atoms with Crippen LogP contribution in [0.1, 0.15) is 5.56 Å². The Morgan fingerprint density at radius 1 is 1.15 bits per heavy atom. The Labute approximate surface area is 132 Å². The van der Waals surface area contributed by atoms with Gasteiger partial charge < -0.3 is 9.72 Å². The SMILES string of the molecule is COc1c[c-]c(-c2nccc3ccccc23)cc1C.[Ir]. The Morgan fingerprint density at radius 3 is 2.70 bits per heavy atom. The number of methoxy groups -OCH3 is 1. The van der Waals surface area contributed by atoms with Gasteiger partial charge in [0.25, 0.3) is 0 Å². The number of hydrogen-bond acceptors (Lipinski definition) is 2. The van der Waals surface area contributed by atoms with Crippen molar-refractivity contribution in [3.63, 3.8) is 0 Å². The van der Waals surface area contributed by atoms with E-state index in [2.05, 4.69) is 29.2 Å². The molecule has 0 saturated heterocycles. The van der Waals surface area contributed by atoms with Crippen LogP contribution in [0.25, 0.3) is 22.0 Å².